The highest BCUT2D eigenvalue weighted by Crippen LogP contribution is 2.25. The summed E-state index contributed by atoms with van der Waals surface area (Å²) in [5, 5.41) is 3.66. The van der Waals surface area contributed by atoms with E-state index in [1.54, 1.807) is 23.1 Å². The third kappa shape index (κ3) is 2.88. The first-order valence-electron chi connectivity index (χ1n) is 5.74. The van der Waals surface area contributed by atoms with Gasteiger partial charge in [-0.2, -0.15) is 0 Å². The highest BCUT2D eigenvalue weighted by atomic mass is 35.5. The molecule has 1 heterocycles. The van der Waals surface area contributed by atoms with E-state index in [0.717, 1.165) is 0 Å². The van der Waals surface area contributed by atoms with Crippen molar-refractivity contribution >= 4 is 34.9 Å². The second kappa shape index (κ2) is 5.34. The van der Waals surface area contributed by atoms with E-state index >= 15 is 0 Å². The molecule has 0 aromatic heterocycles. The molecule has 1 saturated heterocycles. The van der Waals surface area contributed by atoms with Crippen LogP contribution in [-0.2, 0) is 0 Å². The number of hydrogen-bond acceptors (Lipinski definition) is 2. The third-order valence-electron chi connectivity index (χ3n) is 3.13. The number of carbonyl (C=O) groups is 1. The molecular weight excluding hydrogens is 273 g/mol. The van der Waals surface area contributed by atoms with E-state index in [4.69, 9.17) is 28.9 Å². The number of nitrogens with zero attached hydrogens (tertiary/aromatic N) is 1. The van der Waals surface area contributed by atoms with Crippen LogP contribution in [0.2, 0.25) is 10.0 Å². The predicted molar refractivity (Wildman–Crippen MR) is 74.2 cm³/mol. The van der Waals surface area contributed by atoms with Crippen molar-refractivity contribution in [2.75, 3.05) is 18.4 Å². The number of benzene rings is 1. The predicted octanol–water partition coefficient (Wildman–Crippen LogP) is 2.80. The van der Waals surface area contributed by atoms with E-state index in [1.165, 1.54) is 0 Å². The maximum Gasteiger partial charge on any atom is 0.321 e. The fourth-order valence-corrected chi connectivity index (χ4v) is 2.23. The Morgan fingerprint density at radius 2 is 2.11 bits per heavy atom. The van der Waals surface area contributed by atoms with Gasteiger partial charge in [-0.1, -0.05) is 30.1 Å². The molecule has 1 aromatic rings. The van der Waals surface area contributed by atoms with Crippen molar-refractivity contribution in [1.82, 2.24) is 4.90 Å². The van der Waals surface area contributed by atoms with Crippen LogP contribution in [0.4, 0.5) is 10.5 Å². The monoisotopic (exact) mass is 287 g/mol. The molecule has 0 aliphatic carbocycles. The summed E-state index contributed by atoms with van der Waals surface area (Å²) in [5.74, 6) is 0.324. The minimum absolute atomic E-state index is 0.0459. The number of rotatable bonds is 1. The van der Waals surface area contributed by atoms with Gasteiger partial charge in [0.25, 0.3) is 0 Å². The normalized spacial score (nSPS) is 23.2. The molecule has 1 aliphatic heterocycles. The Balaban J connectivity index is 2.01. The highest BCUT2D eigenvalue weighted by molar-refractivity contribution is 6.42. The van der Waals surface area contributed by atoms with Crippen LogP contribution in [0.3, 0.4) is 0 Å². The zero-order valence-corrected chi connectivity index (χ0v) is 11.5. The van der Waals surface area contributed by atoms with E-state index < -0.39 is 0 Å². The third-order valence-corrected chi connectivity index (χ3v) is 3.87. The number of carbonyl (C=O) groups excluding carboxylic acids is 1. The number of urea groups is 1. The molecule has 0 saturated carbocycles. The van der Waals surface area contributed by atoms with Crippen molar-refractivity contribution in [2.24, 2.45) is 11.7 Å². The minimum Gasteiger partial charge on any atom is -0.326 e. The second-order valence-corrected chi connectivity index (χ2v) is 5.42. The average molecular weight is 288 g/mol. The lowest BCUT2D eigenvalue weighted by molar-refractivity contribution is 0.221. The van der Waals surface area contributed by atoms with Gasteiger partial charge in [-0.3, -0.25) is 0 Å². The topological polar surface area (TPSA) is 58.4 Å². The van der Waals surface area contributed by atoms with Crippen LogP contribution in [0.25, 0.3) is 0 Å². The Morgan fingerprint density at radius 3 is 2.67 bits per heavy atom. The molecule has 6 heteroatoms. The summed E-state index contributed by atoms with van der Waals surface area (Å²) in [6.45, 7) is 3.29. The quantitative estimate of drug-likeness (QED) is 0.834. The molecule has 2 unspecified atom stereocenters. The summed E-state index contributed by atoms with van der Waals surface area (Å²) < 4.78 is 0. The Hall–Kier alpha value is -0.970. The van der Waals surface area contributed by atoms with Crippen LogP contribution < -0.4 is 11.1 Å². The van der Waals surface area contributed by atoms with Crippen molar-refractivity contribution in [3.63, 3.8) is 0 Å². The van der Waals surface area contributed by atoms with Crippen molar-refractivity contribution in [1.29, 1.82) is 0 Å². The average Bonchev–Trinajstić information content (AvgIpc) is 2.65. The maximum absolute atomic E-state index is 12.0. The van der Waals surface area contributed by atoms with Gasteiger partial charge >= 0.3 is 6.03 Å². The fourth-order valence-electron chi connectivity index (χ4n) is 1.93. The van der Waals surface area contributed by atoms with Gasteiger partial charge in [0.1, 0.15) is 0 Å². The molecule has 2 amide bonds. The van der Waals surface area contributed by atoms with E-state index in [-0.39, 0.29) is 12.1 Å². The second-order valence-electron chi connectivity index (χ2n) is 4.61. The van der Waals surface area contributed by atoms with Gasteiger partial charge in [-0.15, -0.1) is 0 Å². The molecule has 1 aliphatic rings. The Labute approximate surface area is 116 Å². The number of likely N-dealkylation sites (tertiary alicyclic amines) is 1. The minimum atomic E-state index is -0.159. The van der Waals surface area contributed by atoms with E-state index in [9.17, 15) is 4.79 Å². The fraction of sp³-hybridized carbons (Fsp3) is 0.417. The standard InChI is InChI=1S/C12H15Cl2N3O/c1-7-5-17(6-11(7)15)12(18)16-8-2-3-9(13)10(14)4-8/h2-4,7,11H,5-6,15H2,1H3,(H,16,18). The van der Waals surface area contributed by atoms with Crippen LogP contribution in [-0.4, -0.2) is 30.1 Å². The summed E-state index contributed by atoms with van der Waals surface area (Å²) in [6.07, 6.45) is 0. The van der Waals surface area contributed by atoms with Crippen LogP contribution in [0.15, 0.2) is 18.2 Å². The highest BCUT2D eigenvalue weighted by Gasteiger charge is 2.29. The number of halogens is 2. The van der Waals surface area contributed by atoms with E-state index in [2.05, 4.69) is 5.32 Å². The SMILES string of the molecule is CC1CN(C(=O)Nc2ccc(Cl)c(Cl)c2)CC1N. The summed E-state index contributed by atoms with van der Waals surface area (Å²) in [6, 6.07) is 4.88. The van der Waals surface area contributed by atoms with Gasteiger partial charge in [-0.05, 0) is 24.1 Å². The largest absolute Gasteiger partial charge is 0.326 e. The molecule has 3 N–H and O–H groups in total. The first kappa shape index (κ1) is 13.5. The summed E-state index contributed by atoms with van der Waals surface area (Å²) in [5.41, 5.74) is 6.51. The van der Waals surface area contributed by atoms with Crippen LogP contribution in [0, 0.1) is 5.92 Å². The number of nitrogens with one attached hydrogen (secondary N) is 1. The molecule has 98 valence electrons. The maximum atomic E-state index is 12.0. The first-order valence-corrected chi connectivity index (χ1v) is 6.49. The van der Waals surface area contributed by atoms with Gasteiger partial charge in [0.15, 0.2) is 0 Å². The van der Waals surface area contributed by atoms with Gasteiger partial charge in [0, 0.05) is 24.8 Å². The van der Waals surface area contributed by atoms with Crippen LogP contribution >= 0.6 is 23.2 Å². The summed E-state index contributed by atoms with van der Waals surface area (Å²) in [7, 11) is 0. The lowest BCUT2D eigenvalue weighted by Crippen LogP contribution is -2.35. The van der Waals surface area contributed by atoms with Gasteiger partial charge < -0.3 is 16.0 Å². The molecule has 0 spiro atoms. The first-order chi connectivity index (χ1) is 8.47. The summed E-state index contributed by atoms with van der Waals surface area (Å²) in [4.78, 5) is 13.7. The van der Waals surface area contributed by atoms with Gasteiger partial charge in [0.05, 0.1) is 10.0 Å². The van der Waals surface area contributed by atoms with Crippen LogP contribution in [0.1, 0.15) is 6.92 Å². The molecule has 2 rings (SSSR count). The number of anilines is 1. The lowest BCUT2D eigenvalue weighted by atomic mass is 10.1. The Morgan fingerprint density at radius 1 is 1.39 bits per heavy atom. The number of nitrogens with two attached hydrogens (primary N) is 1. The van der Waals surface area contributed by atoms with E-state index in [1.807, 2.05) is 6.92 Å². The molecule has 18 heavy (non-hydrogen) atoms. The van der Waals surface area contributed by atoms with Crippen molar-refractivity contribution in [3.8, 4) is 0 Å². The molecule has 0 bridgehead atoms. The smallest absolute Gasteiger partial charge is 0.321 e. The molecule has 1 aromatic carbocycles. The number of amides is 2. The molecule has 4 nitrogen and oxygen atoms in total. The van der Waals surface area contributed by atoms with Crippen molar-refractivity contribution in [2.45, 2.75) is 13.0 Å². The molecular formula is C12H15Cl2N3O. The number of hydrogen-bond donors (Lipinski definition) is 2. The summed E-state index contributed by atoms with van der Waals surface area (Å²) >= 11 is 11.7. The Bertz CT molecular complexity index is 457. The van der Waals surface area contributed by atoms with Crippen LogP contribution in [0.5, 0.6) is 0 Å². The van der Waals surface area contributed by atoms with E-state index in [0.29, 0.717) is 34.7 Å². The lowest BCUT2D eigenvalue weighted by Gasteiger charge is -2.17. The van der Waals surface area contributed by atoms with Crippen molar-refractivity contribution in [3.05, 3.63) is 28.2 Å². The molecule has 2 atom stereocenters. The zero-order valence-electron chi connectivity index (χ0n) is 9.99. The Kier molecular flexibility index (Phi) is 4.00. The van der Waals surface area contributed by atoms with Gasteiger partial charge in [0.2, 0.25) is 0 Å². The zero-order chi connectivity index (χ0) is 13.3. The van der Waals surface area contributed by atoms with Crippen molar-refractivity contribution < 1.29 is 4.79 Å². The molecule has 0 radical (unpaired) electrons. The van der Waals surface area contributed by atoms with Gasteiger partial charge in [-0.25, -0.2) is 4.79 Å². The molecule has 1 fully saturated rings.